The van der Waals surface area contributed by atoms with Gasteiger partial charge in [0.2, 0.25) is 6.79 Å². The average Bonchev–Trinajstić information content (AvgIpc) is 3.52. The summed E-state index contributed by atoms with van der Waals surface area (Å²) in [5.74, 6) is 3.35. The van der Waals surface area contributed by atoms with Crippen molar-refractivity contribution >= 4 is 131 Å². The van der Waals surface area contributed by atoms with Crippen LogP contribution in [0, 0.1) is 0 Å². The van der Waals surface area contributed by atoms with E-state index in [9.17, 15) is 0 Å². The fourth-order valence-corrected chi connectivity index (χ4v) is 4.66. The maximum atomic E-state index is 5.75. The van der Waals surface area contributed by atoms with Crippen molar-refractivity contribution in [2.75, 3.05) is 63.7 Å². The second-order valence-corrected chi connectivity index (χ2v) is 10.8. The Morgan fingerprint density at radius 3 is 1.60 bits per heavy atom. The van der Waals surface area contributed by atoms with Gasteiger partial charge >= 0.3 is 103 Å². The van der Waals surface area contributed by atoms with E-state index in [1.54, 1.807) is 0 Å². The molecule has 0 aliphatic carbocycles. The molecule has 0 fully saturated rings. The molecule has 0 unspecified atom stereocenters. The SMILES string of the molecule is CCCCOCCOCCOCc1cc2c(cc1CCC)OCO2.CCOc1ccc(NC(=S)Nc2ccc(OCC)cc2)cc1.[KH].[KH]. The van der Waals surface area contributed by atoms with Gasteiger partial charge in [-0.05, 0) is 111 Å². The van der Waals surface area contributed by atoms with E-state index in [4.69, 9.17) is 45.4 Å². The van der Waals surface area contributed by atoms with Gasteiger partial charge in [-0.15, -0.1) is 0 Å². The number of ether oxygens (including phenoxy) is 7. The summed E-state index contributed by atoms with van der Waals surface area (Å²) in [5, 5.41) is 6.80. The normalized spacial score (nSPS) is 10.9. The van der Waals surface area contributed by atoms with Crippen molar-refractivity contribution in [2.24, 2.45) is 0 Å². The molecule has 1 aliphatic rings. The number of benzene rings is 3. The summed E-state index contributed by atoms with van der Waals surface area (Å²) in [4.78, 5) is 0. The van der Waals surface area contributed by atoms with Crippen molar-refractivity contribution in [1.29, 1.82) is 0 Å². The van der Waals surface area contributed by atoms with Crippen molar-refractivity contribution in [3.05, 3.63) is 71.8 Å². The molecule has 0 aromatic heterocycles. The van der Waals surface area contributed by atoms with Gasteiger partial charge in [-0.2, -0.15) is 0 Å². The Hall–Kier alpha value is -0.297. The first kappa shape index (κ1) is 45.7. The van der Waals surface area contributed by atoms with Crippen LogP contribution in [-0.2, 0) is 27.2 Å². The number of hydrogen-bond donors (Lipinski definition) is 2. The van der Waals surface area contributed by atoms with Crippen molar-refractivity contribution in [3.8, 4) is 23.0 Å². The molecule has 4 rings (SSSR count). The number of thiocarbonyl (C=S) groups is 1. The van der Waals surface area contributed by atoms with Crippen LogP contribution in [-0.4, -0.2) is 161 Å². The van der Waals surface area contributed by atoms with Crippen molar-refractivity contribution in [2.45, 2.75) is 60.0 Å². The molecule has 3 aromatic carbocycles. The van der Waals surface area contributed by atoms with Crippen molar-refractivity contribution in [1.82, 2.24) is 0 Å². The maximum absolute atomic E-state index is 5.75. The van der Waals surface area contributed by atoms with Crippen LogP contribution in [0.4, 0.5) is 11.4 Å². The Balaban J connectivity index is 0.000000462. The van der Waals surface area contributed by atoms with E-state index in [1.807, 2.05) is 68.4 Å². The molecule has 0 spiro atoms. The number of unbranched alkanes of at least 4 members (excludes halogenated alkanes) is 1. The Bertz CT molecular complexity index is 1230. The van der Waals surface area contributed by atoms with Crippen LogP contribution in [0.25, 0.3) is 0 Å². The molecule has 9 nitrogen and oxygen atoms in total. The number of rotatable bonds is 19. The Labute approximate surface area is 377 Å². The standard InChI is InChI=1S/C19H30O5.C17H20N2O2S.2K.2H/c1-3-5-7-20-8-9-21-10-11-22-14-17-13-19-18(23-15-24-19)12-16(17)6-4-2;1-3-20-15-9-5-13(6-10-15)18-17(22)19-14-7-11-16(12-8-14)21-4-2;;;;/h12-13H,3-11,14-15H2,1-2H3;5-12H,3-4H2,1-2H3,(H2,18,19,22);;;;. The van der Waals surface area contributed by atoms with Crippen LogP contribution in [0.5, 0.6) is 23.0 Å². The van der Waals surface area contributed by atoms with Crippen molar-refractivity contribution < 1.29 is 33.2 Å². The Kier molecular flexibility index (Phi) is 27.0. The van der Waals surface area contributed by atoms with E-state index in [1.165, 1.54) is 11.1 Å². The van der Waals surface area contributed by atoms with Gasteiger partial charge in [-0.1, -0.05) is 26.7 Å². The summed E-state index contributed by atoms with van der Waals surface area (Å²) in [6.07, 6.45) is 4.38. The molecule has 0 saturated carbocycles. The molecule has 2 N–H and O–H groups in total. The van der Waals surface area contributed by atoms with E-state index >= 15 is 0 Å². The second kappa shape index (κ2) is 28.3. The minimum absolute atomic E-state index is 0. The number of anilines is 2. The zero-order valence-electron chi connectivity index (χ0n) is 27.7. The number of fused-ring (bicyclic) bond motifs is 1. The van der Waals surface area contributed by atoms with Gasteiger partial charge < -0.3 is 43.8 Å². The van der Waals surface area contributed by atoms with E-state index < -0.39 is 0 Å². The van der Waals surface area contributed by atoms with Gasteiger partial charge in [0.15, 0.2) is 16.6 Å². The fourth-order valence-electron chi connectivity index (χ4n) is 4.43. The van der Waals surface area contributed by atoms with E-state index in [2.05, 4.69) is 30.5 Å². The molecule has 12 heteroatoms. The molecule has 3 aromatic rings. The van der Waals surface area contributed by atoms with E-state index in [0.717, 1.165) is 66.7 Å². The van der Waals surface area contributed by atoms with Crippen LogP contribution < -0.4 is 29.6 Å². The van der Waals surface area contributed by atoms with Gasteiger partial charge in [0.25, 0.3) is 0 Å². The molecular formula is C36H52K2N2O7S. The number of nitrogens with one attached hydrogen (secondary N) is 2. The summed E-state index contributed by atoms with van der Waals surface area (Å²) in [6.45, 7) is 13.7. The topological polar surface area (TPSA) is 88.7 Å². The average molecular weight is 735 g/mol. The van der Waals surface area contributed by atoms with Crippen molar-refractivity contribution in [3.63, 3.8) is 0 Å². The quantitative estimate of drug-likeness (QED) is 0.0787. The third-order valence-corrected chi connectivity index (χ3v) is 6.91. The van der Waals surface area contributed by atoms with Crippen LogP contribution in [0.2, 0.25) is 0 Å². The molecule has 0 amide bonds. The third-order valence-electron chi connectivity index (χ3n) is 6.70. The Morgan fingerprint density at radius 1 is 0.646 bits per heavy atom. The number of hydrogen-bond acceptors (Lipinski definition) is 8. The Morgan fingerprint density at radius 2 is 1.12 bits per heavy atom. The van der Waals surface area contributed by atoms with Crippen LogP contribution in [0.1, 0.15) is 58.1 Å². The first-order valence-electron chi connectivity index (χ1n) is 16.2. The fraction of sp³-hybridized carbons (Fsp3) is 0.472. The van der Waals surface area contributed by atoms with Gasteiger partial charge in [-0.3, -0.25) is 0 Å². The predicted molar refractivity (Wildman–Crippen MR) is 202 cm³/mol. The summed E-state index contributed by atoms with van der Waals surface area (Å²) >= 11 is 5.30. The second-order valence-electron chi connectivity index (χ2n) is 10.3. The van der Waals surface area contributed by atoms with E-state index in [0.29, 0.717) is 58.2 Å². The first-order chi connectivity index (χ1) is 22.6. The van der Waals surface area contributed by atoms with Gasteiger partial charge in [0.05, 0.1) is 46.2 Å². The minimum atomic E-state index is 0. The third kappa shape index (κ3) is 18.3. The molecule has 1 heterocycles. The number of aryl methyl sites for hydroxylation is 1. The first-order valence-corrected chi connectivity index (χ1v) is 16.6. The van der Waals surface area contributed by atoms with E-state index in [-0.39, 0.29) is 103 Å². The summed E-state index contributed by atoms with van der Waals surface area (Å²) in [7, 11) is 0. The molecule has 1 aliphatic heterocycles. The summed E-state index contributed by atoms with van der Waals surface area (Å²) < 4.78 is 38.4. The zero-order valence-corrected chi connectivity index (χ0v) is 28.5. The molecule has 48 heavy (non-hydrogen) atoms. The molecule has 0 bridgehead atoms. The zero-order chi connectivity index (χ0) is 32.8. The molecule has 0 atom stereocenters. The van der Waals surface area contributed by atoms with Crippen LogP contribution in [0.3, 0.4) is 0 Å². The summed E-state index contributed by atoms with van der Waals surface area (Å²) in [6, 6.07) is 19.5. The van der Waals surface area contributed by atoms with Gasteiger partial charge in [0, 0.05) is 18.0 Å². The molecular weight excluding hydrogens is 683 g/mol. The predicted octanol–water partition coefficient (Wildman–Crippen LogP) is 6.71. The molecule has 0 saturated heterocycles. The van der Waals surface area contributed by atoms with Crippen LogP contribution in [0.15, 0.2) is 60.7 Å². The monoisotopic (exact) mass is 734 g/mol. The van der Waals surface area contributed by atoms with Gasteiger partial charge in [0.1, 0.15) is 11.5 Å². The van der Waals surface area contributed by atoms with Crippen LogP contribution >= 0.6 is 12.2 Å². The molecule has 0 radical (unpaired) electrons. The molecule has 256 valence electrons. The van der Waals surface area contributed by atoms with Gasteiger partial charge in [-0.25, -0.2) is 0 Å². The summed E-state index contributed by atoms with van der Waals surface area (Å²) in [5.41, 5.74) is 4.26.